The summed E-state index contributed by atoms with van der Waals surface area (Å²) in [5.41, 5.74) is 7.33. The number of likely N-dealkylation sites (N-methyl/N-ethyl adjacent to an activating group) is 1. The average molecular weight is 576 g/mol. The van der Waals surface area contributed by atoms with E-state index >= 15 is 0 Å². The minimum Gasteiger partial charge on any atom is -0.495 e. The Balaban J connectivity index is 1.40. The third-order valence-electron chi connectivity index (χ3n) is 7.33. The summed E-state index contributed by atoms with van der Waals surface area (Å²) in [5.74, 6) is 0.437. The first-order chi connectivity index (χ1) is 20.4. The molecule has 2 heterocycles. The molecule has 0 bridgehead atoms. The van der Waals surface area contributed by atoms with Gasteiger partial charge in [-0.15, -0.1) is 0 Å². The van der Waals surface area contributed by atoms with Gasteiger partial charge >= 0.3 is 0 Å². The summed E-state index contributed by atoms with van der Waals surface area (Å²) in [6, 6.07) is 12.1. The fourth-order valence-electron chi connectivity index (χ4n) is 5.11. The third-order valence-corrected chi connectivity index (χ3v) is 7.33. The van der Waals surface area contributed by atoms with Crippen molar-refractivity contribution in [1.82, 2.24) is 15.2 Å². The van der Waals surface area contributed by atoms with Gasteiger partial charge in [0.05, 0.1) is 30.8 Å². The molecule has 1 unspecified atom stereocenters. The second kappa shape index (κ2) is 14.4. The number of carbonyl (C=O) groups excluding carboxylic acids is 1. The Hall–Kier alpha value is -4.47. The topological polar surface area (TPSA) is 98.0 Å². The minimum atomic E-state index is -0.499. The number of hydrogen-bond acceptors (Lipinski definition) is 8. The molecule has 42 heavy (non-hydrogen) atoms. The number of methoxy groups -OCH3 is 1. The zero-order chi connectivity index (χ0) is 30.1. The van der Waals surface area contributed by atoms with E-state index in [4.69, 9.17) is 9.47 Å². The van der Waals surface area contributed by atoms with Gasteiger partial charge in [-0.1, -0.05) is 19.1 Å². The van der Waals surface area contributed by atoms with Crippen LogP contribution in [0.1, 0.15) is 50.2 Å². The lowest BCUT2D eigenvalue weighted by Crippen LogP contribution is -2.32. The molecule has 9 nitrogen and oxygen atoms in total. The summed E-state index contributed by atoms with van der Waals surface area (Å²) in [6.45, 7) is 2.84. The van der Waals surface area contributed by atoms with Gasteiger partial charge in [0.2, 0.25) is 0 Å². The standard InChI is InChI=1S/C32H38FN5O4/c1-5-23-11-12-25-24(13-16-30(41-4)32(25)37(23)3)28-14-17-31(40)38(36-28)18-6-7-20-42-29-15-10-22(21-26(29)33)27(35-34-2)9-8-19-39/h10-17,19,21,23,34H,5-9,18,20H2,1-4H3/b35-27+. The van der Waals surface area contributed by atoms with Crippen molar-refractivity contribution in [2.24, 2.45) is 5.10 Å². The van der Waals surface area contributed by atoms with Crippen molar-refractivity contribution < 1.29 is 18.7 Å². The second-order valence-corrected chi connectivity index (χ2v) is 9.99. The predicted molar refractivity (Wildman–Crippen MR) is 164 cm³/mol. The van der Waals surface area contributed by atoms with Crippen LogP contribution in [0, 0.1) is 5.82 Å². The Bertz CT molecular complexity index is 1520. The highest BCUT2D eigenvalue weighted by Gasteiger charge is 2.24. The Morgan fingerprint density at radius 2 is 1.98 bits per heavy atom. The molecular formula is C32H38FN5O4. The molecule has 4 rings (SSSR count). The van der Waals surface area contributed by atoms with Crippen LogP contribution in [0.4, 0.5) is 10.1 Å². The van der Waals surface area contributed by atoms with Crippen molar-refractivity contribution in [1.29, 1.82) is 0 Å². The summed E-state index contributed by atoms with van der Waals surface area (Å²) in [5, 5.41) is 8.82. The smallest absolute Gasteiger partial charge is 0.266 e. The fraction of sp³-hybridized carbons (Fsp3) is 0.375. The number of halogens is 1. The molecular weight excluding hydrogens is 537 g/mol. The van der Waals surface area contributed by atoms with E-state index in [0.717, 1.165) is 35.3 Å². The van der Waals surface area contributed by atoms with Gasteiger partial charge in [-0.2, -0.15) is 10.2 Å². The van der Waals surface area contributed by atoms with E-state index in [1.54, 1.807) is 32.4 Å². The Kier molecular flexibility index (Phi) is 10.5. The van der Waals surface area contributed by atoms with Gasteiger partial charge in [0.25, 0.3) is 5.56 Å². The molecule has 0 saturated carbocycles. The lowest BCUT2D eigenvalue weighted by Gasteiger charge is -2.33. The number of aryl methyl sites for hydroxylation is 1. The molecule has 0 saturated heterocycles. The summed E-state index contributed by atoms with van der Waals surface area (Å²) in [6.07, 6.45) is 8.02. The number of benzene rings is 2. The van der Waals surface area contributed by atoms with E-state index in [-0.39, 0.29) is 24.0 Å². The van der Waals surface area contributed by atoms with Crippen molar-refractivity contribution in [3.05, 3.63) is 75.8 Å². The van der Waals surface area contributed by atoms with Crippen LogP contribution in [0.25, 0.3) is 17.3 Å². The SMILES string of the molecule is CCC1C=Cc2c(-c3ccc(=O)n(CCCCOc4ccc(/C(CCC=O)=N/NC)cc4F)n3)ccc(OC)c2N1C. The molecule has 3 aromatic rings. The Labute approximate surface area is 245 Å². The molecule has 2 aromatic carbocycles. The van der Waals surface area contributed by atoms with Gasteiger partial charge < -0.3 is 24.6 Å². The Morgan fingerprint density at radius 1 is 1.17 bits per heavy atom. The molecule has 0 spiro atoms. The molecule has 10 heteroatoms. The van der Waals surface area contributed by atoms with Gasteiger partial charge in [0, 0.05) is 55.9 Å². The van der Waals surface area contributed by atoms with Crippen molar-refractivity contribution in [2.45, 2.75) is 51.6 Å². The molecule has 1 aromatic heterocycles. The molecule has 0 fully saturated rings. The van der Waals surface area contributed by atoms with Crippen molar-refractivity contribution >= 4 is 23.8 Å². The lowest BCUT2D eigenvalue weighted by molar-refractivity contribution is -0.107. The summed E-state index contributed by atoms with van der Waals surface area (Å²) < 4.78 is 27.5. The maximum atomic E-state index is 14.7. The average Bonchev–Trinajstić information content (AvgIpc) is 3.00. The molecule has 222 valence electrons. The monoisotopic (exact) mass is 575 g/mol. The zero-order valence-electron chi connectivity index (χ0n) is 24.6. The third kappa shape index (κ3) is 6.87. The number of nitrogens with zero attached hydrogens (tertiary/aromatic N) is 4. The molecule has 0 radical (unpaired) electrons. The minimum absolute atomic E-state index is 0.142. The number of hydrazone groups is 1. The van der Waals surface area contributed by atoms with Crippen LogP contribution in [-0.2, 0) is 11.3 Å². The lowest BCUT2D eigenvalue weighted by atomic mass is 9.95. The van der Waals surface area contributed by atoms with Gasteiger partial charge in [-0.25, -0.2) is 9.07 Å². The number of fused-ring (bicyclic) bond motifs is 1. The second-order valence-electron chi connectivity index (χ2n) is 9.99. The maximum absolute atomic E-state index is 14.7. The normalized spacial score (nSPS) is 14.5. The van der Waals surface area contributed by atoms with Crippen LogP contribution in [0.15, 0.2) is 58.4 Å². The molecule has 1 aliphatic heterocycles. The highest BCUT2D eigenvalue weighted by atomic mass is 19.1. The van der Waals surface area contributed by atoms with Crippen molar-refractivity contribution in [3.8, 4) is 22.8 Å². The van der Waals surface area contributed by atoms with Gasteiger partial charge in [-0.05, 0) is 62.1 Å². The van der Waals surface area contributed by atoms with E-state index in [1.165, 1.54) is 16.8 Å². The van der Waals surface area contributed by atoms with Crippen LogP contribution in [0.3, 0.4) is 0 Å². The van der Waals surface area contributed by atoms with Crippen LogP contribution < -0.4 is 25.4 Å². The largest absolute Gasteiger partial charge is 0.495 e. The highest BCUT2D eigenvalue weighted by Crippen LogP contribution is 2.42. The van der Waals surface area contributed by atoms with E-state index in [0.29, 0.717) is 49.2 Å². The van der Waals surface area contributed by atoms with E-state index < -0.39 is 5.82 Å². The summed E-state index contributed by atoms with van der Waals surface area (Å²) in [4.78, 5) is 25.5. The number of aromatic nitrogens is 2. The van der Waals surface area contributed by atoms with Crippen LogP contribution in [-0.4, -0.2) is 55.6 Å². The summed E-state index contributed by atoms with van der Waals surface area (Å²) >= 11 is 0. The van der Waals surface area contributed by atoms with E-state index in [9.17, 15) is 14.0 Å². The van der Waals surface area contributed by atoms with Crippen molar-refractivity contribution in [3.63, 3.8) is 0 Å². The quantitative estimate of drug-likeness (QED) is 0.124. The first kappa shape index (κ1) is 30.5. The maximum Gasteiger partial charge on any atom is 0.266 e. The molecule has 1 aliphatic rings. The van der Waals surface area contributed by atoms with E-state index in [1.807, 2.05) is 12.1 Å². The number of ether oxygens (including phenoxy) is 2. The van der Waals surface area contributed by atoms with Gasteiger partial charge in [-0.3, -0.25) is 4.79 Å². The number of anilines is 1. The number of hydrogen-bond donors (Lipinski definition) is 1. The number of unbranched alkanes of at least 4 members (excludes halogenated alkanes) is 1. The summed E-state index contributed by atoms with van der Waals surface area (Å²) in [7, 11) is 5.38. The molecule has 1 N–H and O–H groups in total. The van der Waals surface area contributed by atoms with Gasteiger partial charge in [0.1, 0.15) is 12.0 Å². The number of aldehydes is 1. The number of carbonyl (C=O) groups is 1. The van der Waals surface area contributed by atoms with Crippen LogP contribution >= 0.6 is 0 Å². The van der Waals surface area contributed by atoms with Gasteiger partial charge in [0.15, 0.2) is 11.6 Å². The van der Waals surface area contributed by atoms with Crippen LogP contribution in [0.2, 0.25) is 0 Å². The zero-order valence-corrected chi connectivity index (χ0v) is 24.6. The van der Waals surface area contributed by atoms with E-state index in [2.05, 4.69) is 46.6 Å². The first-order valence-electron chi connectivity index (χ1n) is 14.2. The number of rotatable bonds is 14. The molecule has 0 aliphatic carbocycles. The molecule has 0 amide bonds. The highest BCUT2D eigenvalue weighted by molar-refractivity contribution is 6.01. The first-order valence-corrected chi connectivity index (χ1v) is 14.2. The Morgan fingerprint density at radius 3 is 2.69 bits per heavy atom. The molecule has 1 atom stereocenters. The predicted octanol–water partition coefficient (Wildman–Crippen LogP) is 5.06. The van der Waals surface area contributed by atoms with Crippen molar-refractivity contribution in [2.75, 3.05) is 32.7 Å². The van der Waals surface area contributed by atoms with Crippen LogP contribution in [0.5, 0.6) is 11.5 Å². The number of nitrogens with one attached hydrogen (secondary N) is 1. The fourth-order valence-corrected chi connectivity index (χ4v) is 5.11.